The molecule has 0 spiro atoms. The molecule has 1 aliphatic rings. The van der Waals surface area contributed by atoms with Gasteiger partial charge in [0, 0.05) is 10.7 Å². The number of nitrogens with zero attached hydrogens (tertiary/aromatic N) is 1. The maximum absolute atomic E-state index is 13.3. The molecule has 0 fully saturated rings. The van der Waals surface area contributed by atoms with Crippen LogP contribution in [-0.2, 0) is 16.1 Å². The molecule has 2 amide bonds. The topological polar surface area (TPSA) is 49.4 Å². The number of imide groups is 1. The largest absolute Gasteiger partial charge is 0.350 e. The van der Waals surface area contributed by atoms with Crippen LogP contribution in [0.5, 0.6) is 0 Å². The van der Waals surface area contributed by atoms with E-state index in [9.17, 15) is 14.0 Å². The van der Waals surface area contributed by atoms with Crippen LogP contribution in [0.25, 0.3) is 5.57 Å². The van der Waals surface area contributed by atoms with E-state index in [4.69, 9.17) is 11.6 Å². The van der Waals surface area contributed by atoms with E-state index in [-0.39, 0.29) is 23.6 Å². The molecule has 0 saturated carbocycles. The van der Waals surface area contributed by atoms with E-state index in [0.717, 1.165) is 16.8 Å². The van der Waals surface area contributed by atoms with Gasteiger partial charge in [0.1, 0.15) is 11.5 Å². The molecule has 0 saturated heterocycles. The smallest absolute Gasteiger partial charge is 0.278 e. The number of carbonyl (C=O) groups is 2. The number of carbonyl (C=O) groups excluding carboxylic acids is 2. The lowest BCUT2D eigenvalue weighted by molar-refractivity contribution is -0.137. The molecule has 0 radical (unpaired) electrons. The SMILES string of the molecule is Cc1ccc(NC2=C(c3ccc(Cl)cc3)C(=O)N(Cc3ccc(F)cc3)C2=O)c(C)c1. The summed E-state index contributed by atoms with van der Waals surface area (Å²) in [6.45, 7) is 3.98. The molecule has 156 valence electrons. The maximum atomic E-state index is 13.3. The molecule has 0 bridgehead atoms. The van der Waals surface area contributed by atoms with Crippen molar-refractivity contribution in [3.05, 3.63) is 106 Å². The van der Waals surface area contributed by atoms with E-state index in [1.807, 2.05) is 32.0 Å². The lowest BCUT2D eigenvalue weighted by atomic mass is 10.0. The van der Waals surface area contributed by atoms with Crippen LogP contribution in [0.3, 0.4) is 0 Å². The van der Waals surface area contributed by atoms with Gasteiger partial charge in [0.2, 0.25) is 0 Å². The molecule has 4 rings (SSSR count). The van der Waals surface area contributed by atoms with Crippen molar-refractivity contribution in [1.29, 1.82) is 0 Å². The highest BCUT2D eigenvalue weighted by molar-refractivity contribution is 6.36. The lowest BCUT2D eigenvalue weighted by Gasteiger charge is -2.16. The first-order valence-electron chi connectivity index (χ1n) is 9.78. The van der Waals surface area contributed by atoms with Crippen molar-refractivity contribution in [2.45, 2.75) is 20.4 Å². The summed E-state index contributed by atoms with van der Waals surface area (Å²) in [5.41, 5.74) is 4.55. The molecular formula is C25H20ClFN2O2. The summed E-state index contributed by atoms with van der Waals surface area (Å²) in [5, 5.41) is 3.71. The Hall–Kier alpha value is -3.44. The van der Waals surface area contributed by atoms with Crippen LogP contribution in [0.1, 0.15) is 22.3 Å². The van der Waals surface area contributed by atoms with Gasteiger partial charge in [0.15, 0.2) is 0 Å². The zero-order valence-corrected chi connectivity index (χ0v) is 17.8. The van der Waals surface area contributed by atoms with Crippen LogP contribution >= 0.6 is 11.6 Å². The highest BCUT2D eigenvalue weighted by Gasteiger charge is 2.39. The lowest BCUT2D eigenvalue weighted by Crippen LogP contribution is -2.32. The first kappa shape index (κ1) is 20.8. The number of rotatable bonds is 5. The molecule has 0 aliphatic carbocycles. The second-order valence-electron chi connectivity index (χ2n) is 7.52. The second kappa shape index (κ2) is 8.36. The van der Waals surface area contributed by atoms with E-state index < -0.39 is 11.8 Å². The molecular weight excluding hydrogens is 415 g/mol. The number of aryl methyl sites for hydroxylation is 2. The Balaban J connectivity index is 1.75. The van der Waals surface area contributed by atoms with Crippen molar-refractivity contribution in [3.63, 3.8) is 0 Å². The van der Waals surface area contributed by atoms with Gasteiger partial charge in [-0.05, 0) is 60.9 Å². The number of benzene rings is 3. The fourth-order valence-electron chi connectivity index (χ4n) is 3.58. The Morgan fingerprint density at radius 1 is 0.903 bits per heavy atom. The first-order chi connectivity index (χ1) is 14.8. The van der Waals surface area contributed by atoms with E-state index in [1.54, 1.807) is 36.4 Å². The summed E-state index contributed by atoms with van der Waals surface area (Å²) in [4.78, 5) is 27.8. The fraction of sp³-hybridized carbons (Fsp3) is 0.120. The number of anilines is 1. The first-order valence-corrected chi connectivity index (χ1v) is 10.2. The van der Waals surface area contributed by atoms with E-state index in [0.29, 0.717) is 16.1 Å². The number of hydrogen-bond donors (Lipinski definition) is 1. The molecule has 4 nitrogen and oxygen atoms in total. The summed E-state index contributed by atoms with van der Waals surface area (Å²) >= 11 is 6.01. The van der Waals surface area contributed by atoms with E-state index >= 15 is 0 Å². The quantitative estimate of drug-likeness (QED) is 0.540. The van der Waals surface area contributed by atoms with Crippen molar-refractivity contribution >= 4 is 34.7 Å². The van der Waals surface area contributed by atoms with Crippen molar-refractivity contribution < 1.29 is 14.0 Å². The van der Waals surface area contributed by atoms with Gasteiger partial charge in [-0.3, -0.25) is 14.5 Å². The van der Waals surface area contributed by atoms with Crippen molar-refractivity contribution in [1.82, 2.24) is 4.90 Å². The molecule has 3 aromatic carbocycles. The summed E-state index contributed by atoms with van der Waals surface area (Å²) < 4.78 is 13.3. The molecule has 31 heavy (non-hydrogen) atoms. The highest BCUT2D eigenvalue weighted by atomic mass is 35.5. The molecule has 3 aromatic rings. The van der Waals surface area contributed by atoms with Crippen molar-refractivity contribution in [3.8, 4) is 0 Å². The molecule has 0 unspecified atom stereocenters. The van der Waals surface area contributed by atoms with Crippen LogP contribution in [0.2, 0.25) is 5.02 Å². The fourth-order valence-corrected chi connectivity index (χ4v) is 3.71. The number of halogens is 2. The van der Waals surface area contributed by atoms with Gasteiger partial charge < -0.3 is 5.32 Å². The molecule has 1 heterocycles. The third-order valence-electron chi connectivity index (χ3n) is 5.20. The summed E-state index contributed by atoms with van der Waals surface area (Å²) in [6, 6.07) is 18.4. The van der Waals surface area contributed by atoms with Crippen molar-refractivity contribution in [2.75, 3.05) is 5.32 Å². The third-order valence-corrected chi connectivity index (χ3v) is 5.45. The van der Waals surface area contributed by atoms with Crippen LogP contribution < -0.4 is 5.32 Å². The summed E-state index contributed by atoms with van der Waals surface area (Å²) in [6.07, 6.45) is 0. The zero-order valence-electron chi connectivity index (χ0n) is 17.1. The van der Waals surface area contributed by atoms with Gasteiger partial charge in [-0.2, -0.15) is 0 Å². The van der Waals surface area contributed by atoms with Gasteiger partial charge in [-0.25, -0.2) is 4.39 Å². The standard InChI is InChI=1S/C25H20ClFN2O2/c1-15-3-12-21(16(2)13-15)28-23-22(18-6-8-19(26)9-7-18)24(30)29(25(23)31)14-17-4-10-20(27)11-5-17/h3-13,28H,14H2,1-2H3. The Bertz CT molecular complexity index is 1200. The molecule has 0 aromatic heterocycles. The van der Waals surface area contributed by atoms with Crippen LogP contribution in [0.4, 0.5) is 10.1 Å². The molecule has 0 atom stereocenters. The average Bonchev–Trinajstić information content (AvgIpc) is 2.96. The maximum Gasteiger partial charge on any atom is 0.278 e. The predicted octanol–water partition coefficient (Wildman–Crippen LogP) is 5.49. The van der Waals surface area contributed by atoms with Crippen LogP contribution in [-0.4, -0.2) is 16.7 Å². The van der Waals surface area contributed by atoms with Crippen LogP contribution in [0.15, 0.2) is 72.4 Å². The Kier molecular flexibility index (Phi) is 5.61. The minimum Gasteiger partial charge on any atom is -0.350 e. The summed E-state index contributed by atoms with van der Waals surface area (Å²) in [5.74, 6) is -1.22. The minimum absolute atomic E-state index is 0.0487. The van der Waals surface area contributed by atoms with Gasteiger partial charge in [0.05, 0.1) is 12.1 Å². The van der Waals surface area contributed by atoms with E-state index in [2.05, 4.69) is 5.32 Å². The number of amides is 2. The molecule has 1 aliphatic heterocycles. The molecule has 6 heteroatoms. The van der Waals surface area contributed by atoms with E-state index in [1.165, 1.54) is 17.0 Å². The van der Waals surface area contributed by atoms with Gasteiger partial charge in [-0.1, -0.05) is 53.6 Å². The Morgan fingerprint density at radius 3 is 2.23 bits per heavy atom. The Labute approximate surface area is 185 Å². The zero-order chi connectivity index (χ0) is 22.1. The van der Waals surface area contributed by atoms with Crippen molar-refractivity contribution in [2.24, 2.45) is 0 Å². The monoisotopic (exact) mass is 434 g/mol. The van der Waals surface area contributed by atoms with Gasteiger partial charge in [-0.15, -0.1) is 0 Å². The Morgan fingerprint density at radius 2 is 1.58 bits per heavy atom. The van der Waals surface area contributed by atoms with Gasteiger partial charge >= 0.3 is 0 Å². The number of hydrogen-bond acceptors (Lipinski definition) is 3. The highest BCUT2D eigenvalue weighted by Crippen LogP contribution is 2.33. The summed E-state index contributed by atoms with van der Waals surface area (Å²) in [7, 11) is 0. The van der Waals surface area contributed by atoms with Crippen LogP contribution in [0, 0.1) is 19.7 Å². The second-order valence-corrected chi connectivity index (χ2v) is 7.96. The average molecular weight is 435 g/mol. The third kappa shape index (κ3) is 4.23. The predicted molar refractivity (Wildman–Crippen MR) is 120 cm³/mol. The molecule has 1 N–H and O–H groups in total. The number of nitrogens with one attached hydrogen (secondary N) is 1. The normalized spacial score (nSPS) is 13.9. The minimum atomic E-state index is -0.431. The van der Waals surface area contributed by atoms with Gasteiger partial charge in [0.25, 0.3) is 11.8 Å².